The van der Waals surface area contributed by atoms with E-state index >= 15 is 0 Å². The van der Waals surface area contributed by atoms with E-state index in [0.29, 0.717) is 11.9 Å². The zero-order valence-electron chi connectivity index (χ0n) is 14.7. The molecule has 0 fully saturated rings. The standard InChI is InChI=1S/C20H19BN4O2/c22-10-17(16-2-1-3-19-18(16)12-24-25-21(19)27)20(26)9-13-4-5-15-11-23-7-6-14(15)8-13/h1-8,11-12,17,25,27H,9-10,22H2. The Balaban J connectivity index is 1.64. The van der Waals surface area contributed by atoms with Gasteiger partial charge in [0.2, 0.25) is 0 Å². The van der Waals surface area contributed by atoms with Crippen LogP contribution in [0.5, 0.6) is 0 Å². The summed E-state index contributed by atoms with van der Waals surface area (Å²) in [5, 5.41) is 18.7. The number of ketones is 1. The average molecular weight is 358 g/mol. The molecule has 0 saturated heterocycles. The molecule has 0 spiro atoms. The molecular weight excluding hydrogens is 339 g/mol. The lowest BCUT2D eigenvalue weighted by Gasteiger charge is -2.22. The van der Waals surface area contributed by atoms with Gasteiger partial charge in [-0.2, -0.15) is 5.10 Å². The summed E-state index contributed by atoms with van der Waals surface area (Å²) >= 11 is 0. The van der Waals surface area contributed by atoms with Crippen molar-refractivity contribution in [2.45, 2.75) is 12.3 Å². The molecule has 0 bridgehead atoms. The lowest BCUT2D eigenvalue weighted by molar-refractivity contribution is -0.119. The third kappa shape index (κ3) is 3.34. The van der Waals surface area contributed by atoms with Crippen molar-refractivity contribution in [3.8, 4) is 0 Å². The molecule has 1 aromatic heterocycles. The molecule has 1 aliphatic heterocycles. The molecule has 0 amide bonds. The van der Waals surface area contributed by atoms with Gasteiger partial charge in [0.1, 0.15) is 5.78 Å². The number of hydrogen-bond acceptors (Lipinski definition) is 6. The van der Waals surface area contributed by atoms with Crippen LogP contribution in [-0.2, 0) is 11.2 Å². The molecule has 0 radical (unpaired) electrons. The average Bonchev–Trinajstić information content (AvgIpc) is 2.69. The summed E-state index contributed by atoms with van der Waals surface area (Å²) in [6, 6.07) is 13.4. The Morgan fingerprint density at radius 1 is 1.22 bits per heavy atom. The number of nitrogens with zero attached hydrogens (tertiary/aromatic N) is 2. The van der Waals surface area contributed by atoms with Crippen molar-refractivity contribution in [2.24, 2.45) is 10.8 Å². The fourth-order valence-electron chi connectivity index (χ4n) is 3.53. The normalized spacial score (nSPS) is 13.9. The van der Waals surface area contributed by atoms with E-state index in [9.17, 15) is 9.82 Å². The number of nitrogens with one attached hydrogen (secondary N) is 1. The van der Waals surface area contributed by atoms with E-state index in [2.05, 4.69) is 15.4 Å². The quantitative estimate of drug-likeness (QED) is 0.584. The number of carbonyl (C=O) groups excluding carboxylic acids is 1. The molecule has 2 heterocycles. The van der Waals surface area contributed by atoms with Crippen LogP contribution in [0.15, 0.2) is 60.0 Å². The van der Waals surface area contributed by atoms with Crippen LogP contribution in [-0.4, -0.2) is 35.6 Å². The number of aromatic nitrogens is 1. The van der Waals surface area contributed by atoms with Crippen molar-refractivity contribution in [1.82, 2.24) is 10.3 Å². The van der Waals surface area contributed by atoms with Crippen LogP contribution in [0, 0.1) is 0 Å². The molecular formula is C20H19BN4O2. The number of nitrogens with two attached hydrogens (primary N) is 1. The van der Waals surface area contributed by atoms with Crippen LogP contribution in [0.3, 0.4) is 0 Å². The first kappa shape index (κ1) is 17.4. The van der Waals surface area contributed by atoms with Gasteiger partial charge in [0.25, 0.3) is 0 Å². The van der Waals surface area contributed by atoms with Gasteiger partial charge in [-0.05, 0) is 33.6 Å². The topological polar surface area (TPSA) is 101 Å². The first-order chi connectivity index (χ1) is 13.2. The lowest BCUT2D eigenvalue weighted by Crippen LogP contribution is -2.47. The third-order valence-corrected chi connectivity index (χ3v) is 4.94. The number of hydrazone groups is 1. The van der Waals surface area contributed by atoms with Gasteiger partial charge in [-0.15, -0.1) is 0 Å². The number of carbonyl (C=O) groups is 1. The van der Waals surface area contributed by atoms with Gasteiger partial charge in [0.05, 0.1) is 12.1 Å². The zero-order chi connectivity index (χ0) is 18.8. The monoisotopic (exact) mass is 358 g/mol. The molecule has 1 atom stereocenters. The van der Waals surface area contributed by atoms with Crippen molar-refractivity contribution in [3.05, 3.63) is 71.5 Å². The predicted octanol–water partition coefficient (Wildman–Crippen LogP) is 0.713. The summed E-state index contributed by atoms with van der Waals surface area (Å²) < 4.78 is 0. The lowest BCUT2D eigenvalue weighted by atomic mass is 9.69. The fraction of sp³-hybridized carbons (Fsp3) is 0.150. The Morgan fingerprint density at radius 2 is 2.11 bits per heavy atom. The van der Waals surface area contributed by atoms with Crippen molar-refractivity contribution in [1.29, 1.82) is 0 Å². The van der Waals surface area contributed by atoms with Gasteiger partial charge in [-0.25, -0.2) is 0 Å². The van der Waals surface area contributed by atoms with Crippen LogP contribution >= 0.6 is 0 Å². The van der Waals surface area contributed by atoms with Crippen molar-refractivity contribution in [2.75, 3.05) is 6.54 Å². The van der Waals surface area contributed by atoms with E-state index in [0.717, 1.165) is 27.5 Å². The summed E-state index contributed by atoms with van der Waals surface area (Å²) in [5.74, 6) is -0.412. The molecule has 4 rings (SSSR count). The number of benzene rings is 2. The molecule has 134 valence electrons. The molecule has 6 nitrogen and oxygen atoms in total. The van der Waals surface area contributed by atoms with E-state index in [1.54, 1.807) is 18.6 Å². The maximum absolute atomic E-state index is 13.0. The maximum Gasteiger partial charge on any atom is 0.464 e. The highest BCUT2D eigenvalue weighted by Gasteiger charge is 2.28. The minimum Gasteiger partial charge on any atom is -0.428 e. The van der Waals surface area contributed by atoms with Crippen LogP contribution in [0.4, 0.5) is 0 Å². The van der Waals surface area contributed by atoms with Crippen LogP contribution in [0.25, 0.3) is 10.8 Å². The first-order valence-corrected chi connectivity index (χ1v) is 8.82. The van der Waals surface area contributed by atoms with Gasteiger partial charge in [0, 0.05) is 30.7 Å². The van der Waals surface area contributed by atoms with Crippen LogP contribution in [0.1, 0.15) is 22.6 Å². The Hall–Kier alpha value is -3.03. The third-order valence-electron chi connectivity index (χ3n) is 4.94. The second-order valence-electron chi connectivity index (χ2n) is 6.63. The van der Waals surface area contributed by atoms with E-state index < -0.39 is 13.0 Å². The molecule has 3 aromatic rings. The Morgan fingerprint density at radius 3 is 2.96 bits per heavy atom. The van der Waals surface area contributed by atoms with Crippen LogP contribution in [0.2, 0.25) is 0 Å². The number of rotatable bonds is 5. The molecule has 1 unspecified atom stereocenters. The second-order valence-corrected chi connectivity index (χ2v) is 6.63. The van der Waals surface area contributed by atoms with E-state index in [-0.39, 0.29) is 12.3 Å². The van der Waals surface area contributed by atoms with Gasteiger partial charge >= 0.3 is 7.05 Å². The van der Waals surface area contributed by atoms with Crippen LogP contribution < -0.4 is 16.5 Å². The SMILES string of the molecule is NCC(C(=O)Cc1ccc2cnccc2c1)c1cccc2c1C=NNB2O. The Kier molecular flexibility index (Phi) is 4.70. The summed E-state index contributed by atoms with van der Waals surface area (Å²) in [4.78, 5) is 17.1. The second kappa shape index (κ2) is 7.30. The van der Waals surface area contributed by atoms with E-state index in [1.165, 1.54) is 0 Å². The van der Waals surface area contributed by atoms with E-state index in [1.807, 2.05) is 42.5 Å². The predicted molar refractivity (Wildman–Crippen MR) is 107 cm³/mol. The molecule has 27 heavy (non-hydrogen) atoms. The Bertz CT molecular complexity index is 1040. The fourth-order valence-corrected chi connectivity index (χ4v) is 3.53. The van der Waals surface area contributed by atoms with Gasteiger partial charge < -0.3 is 16.1 Å². The van der Waals surface area contributed by atoms with Gasteiger partial charge in [0.15, 0.2) is 0 Å². The van der Waals surface area contributed by atoms with E-state index in [4.69, 9.17) is 5.73 Å². The summed E-state index contributed by atoms with van der Waals surface area (Å²) in [5.41, 5.74) is 9.17. The zero-order valence-corrected chi connectivity index (χ0v) is 14.7. The largest absolute Gasteiger partial charge is 0.464 e. The molecule has 1 aliphatic rings. The molecule has 2 aromatic carbocycles. The Labute approximate surface area is 157 Å². The van der Waals surface area contributed by atoms with Crippen molar-refractivity contribution < 1.29 is 9.82 Å². The number of Topliss-reactive ketones (excluding diaryl/α,β-unsaturated/α-hetero) is 1. The summed E-state index contributed by atoms with van der Waals surface area (Å²) in [7, 11) is -0.882. The highest BCUT2D eigenvalue weighted by molar-refractivity contribution is 6.65. The molecule has 4 N–H and O–H groups in total. The highest BCUT2D eigenvalue weighted by Crippen LogP contribution is 2.22. The van der Waals surface area contributed by atoms with Crippen molar-refractivity contribution in [3.63, 3.8) is 0 Å². The highest BCUT2D eigenvalue weighted by atomic mass is 16.2. The van der Waals surface area contributed by atoms with Gasteiger partial charge in [-0.1, -0.05) is 36.4 Å². The number of hydrogen-bond donors (Lipinski definition) is 3. The minimum absolute atomic E-state index is 0.0423. The smallest absolute Gasteiger partial charge is 0.428 e. The summed E-state index contributed by atoms with van der Waals surface area (Å²) in [6.07, 6.45) is 5.47. The number of fused-ring (bicyclic) bond motifs is 2. The minimum atomic E-state index is -0.882. The molecule has 0 aliphatic carbocycles. The molecule has 7 heteroatoms. The first-order valence-electron chi connectivity index (χ1n) is 8.82. The molecule has 0 saturated carbocycles. The summed E-state index contributed by atoms with van der Waals surface area (Å²) in [6.45, 7) is 0.199. The van der Waals surface area contributed by atoms with Gasteiger partial charge in [-0.3, -0.25) is 9.78 Å². The maximum atomic E-state index is 13.0. The van der Waals surface area contributed by atoms with Crippen molar-refractivity contribution >= 4 is 35.3 Å². The number of pyridine rings is 1.